The lowest BCUT2D eigenvalue weighted by molar-refractivity contribution is -0.156. The second-order valence-corrected chi connectivity index (χ2v) is 6.76. The van der Waals surface area contributed by atoms with Crippen LogP contribution in [0.4, 0.5) is 0 Å². The third kappa shape index (κ3) is 6.65. The van der Waals surface area contributed by atoms with Crippen LogP contribution in [0.25, 0.3) is 0 Å². The molecule has 1 aromatic rings. The first-order valence-corrected chi connectivity index (χ1v) is 7.68. The Kier molecular flexibility index (Phi) is 5.27. The molecule has 0 amide bonds. The Morgan fingerprint density at radius 2 is 1.85 bits per heavy atom. The summed E-state index contributed by atoms with van der Waals surface area (Å²) in [5, 5.41) is 4.94. The lowest BCUT2D eigenvalue weighted by Crippen LogP contribution is -2.47. The number of ether oxygens (including phenoxy) is 1. The van der Waals surface area contributed by atoms with Gasteiger partial charge in [0.2, 0.25) is 0 Å². The second-order valence-electron chi connectivity index (χ2n) is 5.44. The molecule has 0 fully saturated rings. The summed E-state index contributed by atoms with van der Waals surface area (Å²) in [6, 6.07) is 7.98. The number of nitrogens with two attached hydrogens (primary N) is 1. The molecule has 0 bridgehead atoms. The first-order chi connectivity index (χ1) is 9.07. The third-order valence-electron chi connectivity index (χ3n) is 2.28. The van der Waals surface area contributed by atoms with Crippen molar-refractivity contribution in [2.75, 3.05) is 0 Å². The molecule has 1 aromatic carbocycles. The summed E-state index contributed by atoms with van der Waals surface area (Å²) in [4.78, 5) is 12.0. The summed E-state index contributed by atoms with van der Waals surface area (Å²) in [5.74, 6) is -0.657. The van der Waals surface area contributed by atoms with Gasteiger partial charge in [0.25, 0.3) is 10.2 Å². The Morgan fingerprint density at radius 1 is 1.30 bits per heavy atom. The zero-order valence-electron chi connectivity index (χ0n) is 11.8. The number of hydrogen-bond acceptors (Lipinski definition) is 4. The van der Waals surface area contributed by atoms with Crippen LogP contribution in [-0.2, 0) is 26.2 Å². The van der Waals surface area contributed by atoms with Crippen LogP contribution in [0.2, 0.25) is 0 Å². The molecular formula is C13H20N2O4S. The summed E-state index contributed by atoms with van der Waals surface area (Å²) in [7, 11) is -3.99. The fourth-order valence-corrected chi connectivity index (χ4v) is 2.17. The number of carbonyl (C=O) groups is 1. The summed E-state index contributed by atoms with van der Waals surface area (Å²) in [6.45, 7) is 5.13. The lowest BCUT2D eigenvalue weighted by Gasteiger charge is -2.24. The third-order valence-corrected chi connectivity index (χ3v) is 2.89. The Bertz CT molecular complexity index is 549. The maximum absolute atomic E-state index is 12.0. The van der Waals surface area contributed by atoms with Gasteiger partial charge in [0.15, 0.2) is 0 Å². The van der Waals surface area contributed by atoms with Gasteiger partial charge in [0, 0.05) is 0 Å². The summed E-state index contributed by atoms with van der Waals surface area (Å²) in [5.41, 5.74) is 0.103. The van der Waals surface area contributed by atoms with Gasteiger partial charge < -0.3 is 4.74 Å². The molecule has 7 heteroatoms. The zero-order valence-corrected chi connectivity index (χ0v) is 12.6. The first kappa shape index (κ1) is 16.6. The van der Waals surface area contributed by atoms with Crippen molar-refractivity contribution in [3.63, 3.8) is 0 Å². The van der Waals surface area contributed by atoms with Gasteiger partial charge in [0.05, 0.1) is 0 Å². The molecule has 0 radical (unpaired) electrons. The van der Waals surface area contributed by atoms with Gasteiger partial charge in [-0.2, -0.15) is 13.1 Å². The molecule has 1 unspecified atom stereocenters. The number of nitrogens with one attached hydrogen (secondary N) is 1. The van der Waals surface area contributed by atoms with E-state index < -0.39 is 27.8 Å². The van der Waals surface area contributed by atoms with Gasteiger partial charge in [-0.25, -0.2) is 5.14 Å². The van der Waals surface area contributed by atoms with Crippen LogP contribution in [0.15, 0.2) is 30.3 Å². The summed E-state index contributed by atoms with van der Waals surface area (Å²) >= 11 is 0. The molecule has 0 heterocycles. The number of esters is 1. The van der Waals surface area contributed by atoms with Crippen molar-refractivity contribution in [3.8, 4) is 0 Å². The van der Waals surface area contributed by atoms with E-state index in [0.717, 1.165) is 5.56 Å². The first-order valence-electron chi connectivity index (χ1n) is 6.14. The minimum absolute atomic E-state index is 0.173. The molecule has 0 aromatic heterocycles. The van der Waals surface area contributed by atoms with Crippen molar-refractivity contribution in [1.29, 1.82) is 0 Å². The maximum atomic E-state index is 12.0. The van der Waals surface area contributed by atoms with Crippen LogP contribution >= 0.6 is 0 Å². The van der Waals surface area contributed by atoms with Crippen LogP contribution in [0.3, 0.4) is 0 Å². The predicted molar refractivity (Wildman–Crippen MR) is 76.0 cm³/mol. The Hall–Kier alpha value is -1.44. The van der Waals surface area contributed by atoms with Crippen molar-refractivity contribution in [2.45, 2.75) is 38.8 Å². The highest BCUT2D eigenvalue weighted by Gasteiger charge is 2.27. The minimum Gasteiger partial charge on any atom is -0.459 e. The second kappa shape index (κ2) is 6.34. The molecule has 0 saturated heterocycles. The van der Waals surface area contributed by atoms with Crippen molar-refractivity contribution in [1.82, 2.24) is 4.72 Å². The maximum Gasteiger partial charge on any atom is 0.325 e. The van der Waals surface area contributed by atoms with Gasteiger partial charge >= 0.3 is 5.97 Å². The molecule has 0 aliphatic carbocycles. The van der Waals surface area contributed by atoms with E-state index in [2.05, 4.69) is 4.72 Å². The monoisotopic (exact) mass is 300 g/mol. The van der Waals surface area contributed by atoms with Gasteiger partial charge in [0.1, 0.15) is 11.6 Å². The molecule has 3 N–H and O–H groups in total. The smallest absolute Gasteiger partial charge is 0.325 e. The average Bonchev–Trinajstić information content (AvgIpc) is 2.25. The van der Waals surface area contributed by atoms with Crippen LogP contribution in [0.5, 0.6) is 0 Å². The zero-order chi connectivity index (χ0) is 15.4. The minimum atomic E-state index is -3.99. The molecule has 0 aliphatic rings. The quantitative estimate of drug-likeness (QED) is 0.783. The Labute approximate surface area is 119 Å². The van der Waals surface area contributed by atoms with Crippen LogP contribution in [0.1, 0.15) is 26.3 Å². The van der Waals surface area contributed by atoms with Gasteiger partial charge in [-0.3, -0.25) is 4.79 Å². The Balaban J connectivity index is 2.88. The van der Waals surface area contributed by atoms with Gasteiger partial charge in [-0.1, -0.05) is 30.3 Å². The fraction of sp³-hybridized carbons (Fsp3) is 0.462. The average molecular weight is 300 g/mol. The van der Waals surface area contributed by atoms with E-state index in [0.29, 0.717) is 0 Å². The van der Waals surface area contributed by atoms with E-state index in [9.17, 15) is 13.2 Å². The molecule has 20 heavy (non-hydrogen) atoms. The molecule has 1 rings (SSSR count). The van der Waals surface area contributed by atoms with Crippen molar-refractivity contribution >= 4 is 16.2 Å². The van der Waals surface area contributed by atoms with E-state index in [1.54, 1.807) is 45.0 Å². The standard InChI is InChI=1S/C13H20N2O4S/c1-13(2,3)19-12(16)11(15-20(14,17)18)9-10-7-5-4-6-8-10/h4-8,11,15H,9H2,1-3H3,(H2,14,17,18). The fourth-order valence-electron chi connectivity index (χ4n) is 1.59. The summed E-state index contributed by atoms with van der Waals surface area (Å²) < 4.78 is 29.6. The Morgan fingerprint density at radius 3 is 2.30 bits per heavy atom. The number of rotatable bonds is 5. The molecular weight excluding hydrogens is 280 g/mol. The van der Waals surface area contributed by atoms with E-state index in [1.807, 2.05) is 6.07 Å². The highest BCUT2D eigenvalue weighted by Crippen LogP contribution is 2.11. The molecule has 1 atom stereocenters. The van der Waals surface area contributed by atoms with E-state index in [1.165, 1.54) is 0 Å². The van der Waals surface area contributed by atoms with E-state index in [4.69, 9.17) is 9.88 Å². The highest BCUT2D eigenvalue weighted by atomic mass is 32.2. The van der Waals surface area contributed by atoms with Crippen LogP contribution in [-0.4, -0.2) is 26.0 Å². The van der Waals surface area contributed by atoms with Crippen molar-refractivity contribution < 1.29 is 17.9 Å². The molecule has 0 aliphatic heterocycles. The van der Waals surface area contributed by atoms with Crippen molar-refractivity contribution in [3.05, 3.63) is 35.9 Å². The lowest BCUT2D eigenvalue weighted by atomic mass is 10.1. The SMILES string of the molecule is CC(C)(C)OC(=O)C(Cc1ccccc1)NS(N)(=O)=O. The molecule has 0 spiro atoms. The summed E-state index contributed by atoms with van der Waals surface area (Å²) in [6.07, 6.45) is 0.173. The topological polar surface area (TPSA) is 98.5 Å². The number of benzene rings is 1. The number of carbonyl (C=O) groups excluding carboxylic acids is 1. The van der Waals surface area contributed by atoms with Gasteiger partial charge in [-0.05, 0) is 32.8 Å². The molecule has 112 valence electrons. The van der Waals surface area contributed by atoms with Crippen LogP contribution < -0.4 is 9.86 Å². The van der Waals surface area contributed by atoms with Gasteiger partial charge in [-0.15, -0.1) is 0 Å². The van der Waals surface area contributed by atoms with Crippen molar-refractivity contribution in [2.24, 2.45) is 5.14 Å². The normalized spacial score (nSPS) is 13.8. The highest BCUT2D eigenvalue weighted by molar-refractivity contribution is 7.87. The van der Waals surface area contributed by atoms with Crippen LogP contribution in [0, 0.1) is 0 Å². The molecule has 6 nitrogen and oxygen atoms in total. The van der Waals surface area contributed by atoms with E-state index >= 15 is 0 Å². The predicted octanol–water partition coefficient (Wildman–Crippen LogP) is 0.733. The van der Waals surface area contributed by atoms with E-state index in [-0.39, 0.29) is 6.42 Å². The largest absolute Gasteiger partial charge is 0.459 e. The molecule has 0 saturated carbocycles. The number of hydrogen-bond donors (Lipinski definition) is 2.